The zero-order valence-corrected chi connectivity index (χ0v) is 31.5. The number of thiophene rings is 1. The smallest absolute Gasteiger partial charge is 0.159 e. The fourth-order valence-corrected chi connectivity index (χ4v) is 9.89. The van der Waals surface area contributed by atoms with Crippen molar-refractivity contribution in [2.75, 3.05) is 0 Å². The normalized spacial score (nSPS) is 15.9. The van der Waals surface area contributed by atoms with Gasteiger partial charge in [-0.2, -0.15) is 0 Å². The van der Waals surface area contributed by atoms with Crippen molar-refractivity contribution in [3.63, 3.8) is 0 Å². The third-order valence-electron chi connectivity index (χ3n) is 11.5. The van der Waals surface area contributed by atoms with E-state index >= 15 is 0 Å². The molecule has 4 heterocycles. The molecule has 0 spiro atoms. The largest absolute Gasteiger partial charge is 0.454 e. The molecule has 1 aliphatic heterocycles. The van der Waals surface area contributed by atoms with E-state index in [9.17, 15) is 0 Å². The van der Waals surface area contributed by atoms with E-state index in [0.29, 0.717) is 0 Å². The average molecular weight is 751 g/mol. The number of nitrogens with zero attached hydrogens (tertiary/aromatic N) is 2. The van der Waals surface area contributed by atoms with E-state index in [1.165, 1.54) is 53.1 Å². The highest BCUT2D eigenvalue weighted by Gasteiger charge is 2.26. The number of hydrogen-bond donors (Lipinski definition) is 2. The van der Waals surface area contributed by atoms with Gasteiger partial charge < -0.3 is 14.3 Å². The zero-order chi connectivity index (χ0) is 37.5. The Bertz CT molecular complexity index is 3320. The van der Waals surface area contributed by atoms with Crippen molar-refractivity contribution in [3.05, 3.63) is 199 Å². The summed E-state index contributed by atoms with van der Waals surface area (Å²) in [5, 5.41) is 14.6. The maximum absolute atomic E-state index is 6.81. The molecule has 1 aliphatic rings. The van der Waals surface area contributed by atoms with Crippen molar-refractivity contribution in [2.45, 2.75) is 12.3 Å². The second kappa shape index (κ2) is 12.8. The van der Waals surface area contributed by atoms with Crippen LogP contribution in [0.4, 0.5) is 0 Å². The quantitative estimate of drug-likeness (QED) is 0.184. The van der Waals surface area contributed by atoms with Gasteiger partial charge in [-0.1, -0.05) is 133 Å². The summed E-state index contributed by atoms with van der Waals surface area (Å²) in [6.07, 6.45) is -0.281. The summed E-state index contributed by atoms with van der Waals surface area (Å²) >= 11 is 1.83. The molecule has 0 bridgehead atoms. The van der Waals surface area contributed by atoms with Crippen LogP contribution in [0.1, 0.15) is 29.0 Å². The predicted octanol–water partition coefficient (Wildman–Crippen LogP) is 13.1. The molecule has 2 N–H and O–H groups in total. The minimum atomic E-state index is -0.206. The highest BCUT2D eigenvalue weighted by atomic mass is 32.1. The summed E-state index contributed by atoms with van der Waals surface area (Å²) < 4.78 is 11.7. The van der Waals surface area contributed by atoms with E-state index in [0.717, 1.165) is 50.2 Å². The van der Waals surface area contributed by atoms with E-state index in [2.05, 4.69) is 191 Å². The number of para-hydroxylation sites is 3. The molecule has 0 fully saturated rings. The van der Waals surface area contributed by atoms with Crippen LogP contribution in [0.5, 0.6) is 0 Å². The number of aliphatic imine (C=N–C) groups is 1. The van der Waals surface area contributed by atoms with Crippen LogP contribution in [0.15, 0.2) is 191 Å². The Labute approximate surface area is 332 Å². The first-order chi connectivity index (χ1) is 28.2. The number of hydrogen-bond acceptors (Lipinski definition) is 5. The molecular weight excluding hydrogens is 717 g/mol. The van der Waals surface area contributed by atoms with E-state index in [4.69, 9.17) is 9.41 Å². The van der Waals surface area contributed by atoms with Gasteiger partial charge in [0.25, 0.3) is 0 Å². The Hall–Kier alpha value is -6.99. The molecule has 12 rings (SSSR count). The topological polar surface area (TPSA) is 54.5 Å². The number of benzene rings is 8. The minimum absolute atomic E-state index is 0.0751. The first kappa shape index (κ1) is 32.3. The molecule has 2 unspecified atom stereocenters. The molecule has 0 saturated heterocycles. The molecule has 0 amide bonds. The third kappa shape index (κ3) is 5.22. The van der Waals surface area contributed by atoms with Crippen LogP contribution >= 0.6 is 11.3 Å². The summed E-state index contributed by atoms with van der Waals surface area (Å²) in [6.45, 7) is 0. The first-order valence-electron chi connectivity index (χ1n) is 19.3. The van der Waals surface area contributed by atoms with Gasteiger partial charge in [0.05, 0.1) is 16.7 Å². The Morgan fingerprint density at radius 3 is 1.98 bits per heavy atom. The van der Waals surface area contributed by atoms with Gasteiger partial charge in [0.15, 0.2) is 5.58 Å². The average Bonchev–Trinajstić information content (AvgIpc) is 3.95. The van der Waals surface area contributed by atoms with Crippen LogP contribution < -0.4 is 10.6 Å². The van der Waals surface area contributed by atoms with Gasteiger partial charge in [-0.3, -0.25) is 5.32 Å². The van der Waals surface area contributed by atoms with Crippen LogP contribution in [0, 0.1) is 0 Å². The third-order valence-corrected chi connectivity index (χ3v) is 12.6. The van der Waals surface area contributed by atoms with E-state index in [1.807, 2.05) is 17.4 Å². The Morgan fingerprint density at radius 1 is 0.491 bits per heavy atom. The number of fused-ring (bicyclic) bond motifs is 9. The molecule has 270 valence electrons. The van der Waals surface area contributed by atoms with Gasteiger partial charge in [-0.15, -0.1) is 11.3 Å². The van der Waals surface area contributed by atoms with Gasteiger partial charge in [0, 0.05) is 47.3 Å². The summed E-state index contributed by atoms with van der Waals surface area (Å²) in [5.74, 6) is 0.888. The van der Waals surface area contributed by atoms with Crippen LogP contribution in [0.25, 0.3) is 80.7 Å². The van der Waals surface area contributed by atoms with Crippen molar-refractivity contribution in [1.82, 2.24) is 15.2 Å². The van der Waals surface area contributed by atoms with Crippen LogP contribution in [-0.4, -0.2) is 10.4 Å². The second-order valence-electron chi connectivity index (χ2n) is 14.8. The maximum atomic E-state index is 6.81. The molecule has 0 radical (unpaired) electrons. The van der Waals surface area contributed by atoms with Gasteiger partial charge in [0.2, 0.25) is 0 Å². The lowest BCUT2D eigenvalue weighted by Crippen LogP contribution is -2.44. The molecular formula is C51H34N4OS. The number of aromatic nitrogens is 1. The summed E-state index contributed by atoms with van der Waals surface area (Å²) in [4.78, 5) is 5.19. The number of furan rings is 1. The van der Waals surface area contributed by atoms with Crippen LogP contribution in [-0.2, 0) is 0 Å². The lowest BCUT2D eigenvalue weighted by Gasteiger charge is -2.32. The monoisotopic (exact) mass is 750 g/mol. The fraction of sp³-hybridized carbons (Fsp3) is 0.0392. The van der Waals surface area contributed by atoms with Crippen LogP contribution in [0.3, 0.4) is 0 Å². The predicted molar refractivity (Wildman–Crippen MR) is 238 cm³/mol. The van der Waals surface area contributed by atoms with Crippen molar-refractivity contribution in [1.29, 1.82) is 0 Å². The summed E-state index contributed by atoms with van der Waals surface area (Å²) in [7, 11) is 0. The van der Waals surface area contributed by atoms with Gasteiger partial charge in [-0.25, -0.2) is 4.99 Å². The SMILES string of the molecule is c1ccc(C2=NC(c3ccc4c(c3)sc3ccc(-c5ccc6c(c5)oc5c(-n7c8ccccc8c8ccccc87)cccc56)cc34)NC(c3ccccc3)N2)cc1. The first-order valence-corrected chi connectivity index (χ1v) is 20.2. The number of amidine groups is 1. The van der Waals surface area contributed by atoms with Crippen LogP contribution in [0.2, 0.25) is 0 Å². The molecule has 11 aromatic rings. The molecule has 0 saturated carbocycles. The number of rotatable bonds is 5. The van der Waals surface area contributed by atoms with Crippen molar-refractivity contribution >= 4 is 81.1 Å². The Morgan fingerprint density at radius 2 is 1.18 bits per heavy atom. The molecule has 57 heavy (non-hydrogen) atoms. The highest BCUT2D eigenvalue weighted by molar-refractivity contribution is 7.25. The lowest BCUT2D eigenvalue weighted by atomic mass is 10.0. The Kier molecular flexibility index (Phi) is 7.24. The highest BCUT2D eigenvalue weighted by Crippen LogP contribution is 2.41. The Balaban J connectivity index is 0.923. The van der Waals surface area contributed by atoms with E-state index in [1.54, 1.807) is 0 Å². The van der Waals surface area contributed by atoms with E-state index < -0.39 is 0 Å². The summed E-state index contributed by atoms with van der Waals surface area (Å²) in [5.41, 5.74) is 10.8. The summed E-state index contributed by atoms with van der Waals surface area (Å²) in [6, 6.07) is 64.9. The van der Waals surface area contributed by atoms with Crippen molar-refractivity contribution in [2.24, 2.45) is 4.99 Å². The standard InChI is InChI=1S/C51H34N4OS/c1-3-12-31(13-4-1)49-52-50(32-14-5-2-6-15-32)54-51(53-49)35-23-26-39-41-28-33(24-27-46(41)57-47(39)30-35)34-22-25-38-40-18-11-21-44(48(40)56-45(38)29-34)55-42-19-9-7-16-36(42)37-17-8-10-20-43(37)55/h1-30,49,51,53H,(H,52,54). The molecule has 3 aromatic heterocycles. The van der Waals surface area contributed by atoms with Gasteiger partial charge >= 0.3 is 0 Å². The lowest BCUT2D eigenvalue weighted by molar-refractivity contribution is 0.409. The molecule has 6 heteroatoms. The van der Waals surface area contributed by atoms with Crippen molar-refractivity contribution in [3.8, 4) is 16.8 Å². The maximum Gasteiger partial charge on any atom is 0.159 e. The fourth-order valence-electron chi connectivity index (χ4n) is 8.75. The number of nitrogens with one attached hydrogen (secondary N) is 2. The van der Waals surface area contributed by atoms with Crippen molar-refractivity contribution < 1.29 is 4.42 Å². The van der Waals surface area contributed by atoms with E-state index in [-0.39, 0.29) is 12.3 Å². The zero-order valence-electron chi connectivity index (χ0n) is 30.7. The van der Waals surface area contributed by atoms with Gasteiger partial charge in [0.1, 0.15) is 23.8 Å². The second-order valence-corrected chi connectivity index (χ2v) is 15.9. The minimum Gasteiger partial charge on any atom is -0.454 e. The van der Waals surface area contributed by atoms with Gasteiger partial charge in [-0.05, 0) is 70.8 Å². The molecule has 5 nitrogen and oxygen atoms in total. The molecule has 2 atom stereocenters. The molecule has 8 aromatic carbocycles. The molecule has 0 aliphatic carbocycles.